The van der Waals surface area contributed by atoms with Crippen molar-refractivity contribution in [2.75, 3.05) is 41.3 Å². The van der Waals surface area contributed by atoms with Crippen LogP contribution in [0.25, 0.3) is 0 Å². The Kier molecular flexibility index (Phi) is 4.50. The molecule has 1 fully saturated rings. The van der Waals surface area contributed by atoms with Crippen LogP contribution >= 0.6 is 0 Å². The smallest absolute Gasteiger partial charge is 0.281 e. The van der Waals surface area contributed by atoms with Crippen molar-refractivity contribution in [3.63, 3.8) is 0 Å². The van der Waals surface area contributed by atoms with Gasteiger partial charge < -0.3 is 4.90 Å². The molecule has 3 heterocycles. The monoisotopic (exact) mass is 368 g/mol. The van der Waals surface area contributed by atoms with Gasteiger partial charge in [-0.3, -0.25) is 14.2 Å². The molecular weight excluding hydrogens is 344 g/mol. The van der Waals surface area contributed by atoms with E-state index in [-0.39, 0.29) is 29.8 Å². The minimum absolute atomic E-state index is 0.0893. The van der Waals surface area contributed by atoms with Gasteiger partial charge in [0.15, 0.2) is 0 Å². The van der Waals surface area contributed by atoms with Crippen LogP contribution in [-0.4, -0.2) is 73.7 Å². The van der Waals surface area contributed by atoms with E-state index in [1.165, 1.54) is 33.7 Å². The number of aromatic nitrogens is 1. The van der Waals surface area contributed by atoms with Crippen molar-refractivity contribution < 1.29 is 13.2 Å². The van der Waals surface area contributed by atoms with Crippen molar-refractivity contribution in [3.05, 3.63) is 34.2 Å². The van der Waals surface area contributed by atoms with Crippen molar-refractivity contribution in [1.82, 2.24) is 18.1 Å². The Morgan fingerprint density at radius 2 is 1.84 bits per heavy atom. The lowest BCUT2D eigenvalue weighted by Crippen LogP contribution is -2.55. The molecule has 3 atom stereocenters. The van der Waals surface area contributed by atoms with Gasteiger partial charge in [-0.2, -0.15) is 17.0 Å². The third-order valence-corrected chi connectivity index (χ3v) is 6.97. The van der Waals surface area contributed by atoms with Crippen molar-refractivity contribution in [2.45, 2.75) is 18.4 Å². The average Bonchev–Trinajstić information content (AvgIpc) is 2.55. The first-order valence-corrected chi connectivity index (χ1v) is 9.64. The molecule has 0 aromatic carbocycles. The standard InChI is InChI=1S/C16H24N4O4S/c1-17(2)16(22)15-12-8-11(13-6-5-7-14(21)20(13)15)9-19(10-12)25(23,24)18(3)4/h5-7,11-12,15H,8-10H2,1-4H3/t11-,12+,15-/m1/s1. The zero-order chi connectivity index (χ0) is 18.5. The predicted molar refractivity (Wildman–Crippen MR) is 93.5 cm³/mol. The van der Waals surface area contributed by atoms with Crippen LogP contribution < -0.4 is 5.56 Å². The van der Waals surface area contributed by atoms with Gasteiger partial charge in [0.2, 0.25) is 5.91 Å². The molecule has 2 aliphatic rings. The Morgan fingerprint density at radius 1 is 1.16 bits per heavy atom. The molecule has 9 heteroatoms. The van der Waals surface area contributed by atoms with E-state index in [9.17, 15) is 18.0 Å². The lowest BCUT2D eigenvalue weighted by atomic mass is 9.79. The molecule has 1 aromatic heterocycles. The molecule has 0 unspecified atom stereocenters. The predicted octanol–water partition coefficient (Wildman–Crippen LogP) is -0.297. The van der Waals surface area contributed by atoms with Crippen molar-refractivity contribution in [1.29, 1.82) is 0 Å². The second-order valence-electron chi connectivity index (χ2n) is 7.14. The highest BCUT2D eigenvalue weighted by atomic mass is 32.2. The van der Waals surface area contributed by atoms with E-state index in [0.717, 1.165) is 5.69 Å². The number of likely N-dealkylation sites (N-methyl/N-ethyl adjacent to an activating group) is 1. The minimum atomic E-state index is -3.57. The maximum absolute atomic E-state index is 12.8. The van der Waals surface area contributed by atoms with Gasteiger partial charge in [-0.25, -0.2) is 0 Å². The van der Waals surface area contributed by atoms with Gasteiger partial charge >= 0.3 is 0 Å². The first-order chi connectivity index (χ1) is 11.6. The highest BCUT2D eigenvalue weighted by Gasteiger charge is 2.46. The zero-order valence-corrected chi connectivity index (χ0v) is 15.7. The molecule has 0 radical (unpaired) electrons. The number of hydrogen-bond acceptors (Lipinski definition) is 4. The summed E-state index contributed by atoms with van der Waals surface area (Å²) in [6, 6.07) is 4.28. The Hall–Kier alpha value is -1.71. The molecule has 2 bridgehead atoms. The summed E-state index contributed by atoms with van der Waals surface area (Å²) in [5.41, 5.74) is 0.527. The third-order valence-electron chi connectivity index (χ3n) is 5.10. The molecule has 0 aliphatic carbocycles. The SMILES string of the molecule is CN(C)C(=O)[C@H]1[C@H]2C[C@H](CN(S(=O)(=O)N(C)C)C2)c2cccc(=O)n21. The van der Waals surface area contributed by atoms with Gasteiger partial charge in [-0.05, 0) is 12.5 Å². The van der Waals surface area contributed by atoms with Crippen LogP contribution in [0.1, 0.15) is 24.1 Å². The fourth-order valence-electron chi connectivity index (χ4n) is 3.89. The minimum Gasteiger partial charge on any atom is -0.347 e. The number of hydrogen-bond donors (Lipinski definition) is 0. The van der Waals surface area contributed by atoms with E-state index in [0.29, 0.717) is 13.0 Å². The fourth-order valence-corrected chi connectivity index (χ4v) is 5.10. The second-order valence-corrected chi connectivity index (χ2v) is 9.28. The molecule has 3 rings (SSSR count). The summed E-state index contributed by atoms with van der Waals surface area (Å²) in [5.74, 6) is -0.494. The van der Waals surface area contributed by atoms with Gasteiger partial charge in [0.1, 0.15) is 6.04 Å². The number of fused-ring (bicyclic) bond motifs is 4. The zero-order valence-electron chi connectivity index (χ0n) is 14.9. The maximum atomic E-state index is 12.8. The normalized spacial score (nSPS) is 26.4. The summed E-state index contributed by atoms with van der Waals surface area (Å²) in [4.78, 5) is 26.7. The van der Waals surface area contributed by atoms with Crippen LogP contribution in [0.15, 0.2) is 23.0 Å². The van der Waals surface area contributed by atoms with E-state index in [1.807, 2.05) is 6.07 Å². The van der Waals surface area contributed by atoms with Crippen LogP contribution in [0.5, 0.6) is 0 Å². The maximum Gasteiger partial charge on any atom is 0.281 e. The van der Waals surface area contributed by atoms with Crippen LogP contribution in [-0.2, 0) is 15.0 Å². The van der Waals surface area contributed by atoms with Crippen LogP contribution in [0.2, 0.25) is 0 Å². The van der Waals surface area contributed by atoms with Crippen LogP contribution in [0.4, 0.5) is 0 Å². The summed E-state index contributed by atoms with van der Waals surface area (Å²) in [6.45, 7) is 0.561. The number of rotatable bonds is 3. The number of carbonyl (C=O) groups excluding carboxylic acids is 1. The molecule has 0 N–H and O–H groups in total. The van der Waals surface area contributed by atoms with E-state index in [2.05, 4.69) is 0 Å². The summed E-state index contributed by atoms with van der Waals surface area (Å²) in [6.07, 6.45) is 0.702. The van der Waals surface area contributed by atoms with Crippen molar-refractivity contribution >= 4 is 16.1 Å². The second kappa shape index (κ2) is 6.22. The Morgan fingerprint density at radius 3 is 2.44 bits per heavy atom. The average molecular weight is 368 g/mol. The molecule has 0 saturated carbocycles. The molecule has 1 amide bonds. The highest BCUT2D eigenvalue weighted by Crippen LogP contribution is 2.42. The molecule has 25 heavy (non-hydrogen) atoms. The van der Waals surface area contributed by atoms with Crippen LogP contribution in [0, 0.1) is 5.92 Å². The fraction of sp³-hybridized carbons (Fsp3) is 0.625. The van der Waals surface area contributed by atoms with Gasteiger partial charge in [0.05, 0.1) is 0 Å². The third kappa shape index (κ3) is 2.90. The van der Waals surface area contributed by atoms with Gasteiger partial charge in [-0.15, -0.1) is 0 Å². The first kappa shape index (κ1) is 18.1. The number of carbonyl (C=O) groups is 1. The molecule has 8 nitrogen and oxygen atoms in total. The Balaban J connectivity index is 2.12. The number of nitrogens with zero attached hydrogens (tertiary/aromatic N) is 4. The number of piperidine rings is 1. The van der Waals surface area contributed by atoms with Crippen molar-refractivity contribution in [3.8, 4) is 0 Å². The molecule has 0 spiro atoms. The summed E-state index contributed by atoms with van der Waals surface area (Å²) in [5, 5.41) is 0. The summed E-state index contributed by atoms with van der Waals surface area (Å²) in [7, 11) is 2.74. The van der Waals surface area contributed by atoms with E-state index in [1.54, 1.807) is 24.7 Å². The van der Waals surface area contributed by atoms with E-state index < -0.39 is 16.3 Å². The topological polar surface area (TPSA) is 82.9 Å². The Labute approximate surface area is 147 Å². The van der Waals surface area contributed by atoms with Gasteiger partial charge in [0, 0.05) is 64.9 Å². The van der Waals surface area contributed by atoms with Crippen LogP contribution in [0.3, 0.4) is 0 Å². The lowest BCUT2D eigenvalue weighted by molar-refractivity contribution is -0.135. The van der Waals surface area contributed by atoms with Crippen molar-refractivity contribution in [2.24, 2.45) is 5.92 Å². The molecule has 138 valence electrons. The quantitative estimate of drug-likeness (QED) is 0.734. The summed E-state index contributed by atoms with van der Waals surface area (Å²) < 4.78 is 29.4. The Bertz CT molecular complexity index is 846. The molecule has 2 aliphatic heterocycles. The van der Waals surface area contributed by atoms with E-state index in [4.69, 9.17) is 0 Å². The molecule has 1 aromatic rings. The number of pyridine rings is 1. The molecular formula is C16H24N4O4S. The highest BCUT2D eigenvalue weighted by molar-refractivity contribution is 7.86. The van der Waals surface area contributed by atoms with E-state index >= 15 is 0 Å². The largest absolute Gasteiger partial charge is 0.347 e. The van der Waals surface area contributed by atoms with Gasteiger partial charge in [-0.1, -0.05) is 6.07 Å². The summed E-state index contributed by atoms with van der Waals surface area (Å²) >= 11 is 0. The first-order valence-electron chi connectivity index (χ1n) is 8.24. The molecule has 1 saturated heterocycles. The van der Waals surface area contributed by atoms with Gasteiger partial charge in [0.25, 0.3) is 15.8 Å². The lowest BCUT2D eigenvalue weighted by Gasteiger charge is -2.46. The number of amides is 1.